The monoisotopic (exact) mass is 374 g/mol. The molecule has 0 aromatic heterocycles. The number of carbonyl (C=O) groups excluding carboxylic acids is 1. The highest BCUT2D eigenvalue weighted by Gasteiger charge is 2.17. The number of amides is 2. The van der Waals surface area contributed by atoms with Crippen molar-refractivity contribution in [1.29, 1.82) is 0 Å². The van der Waals surface area contributed by atoms with Crippen LogP contribution in [0.2, 0.25) is 5.02 Å². The van der Waals surface area contributed by atoms with E-state index < -0.39 is 0 Å². The number of methoxy groups -OCH3 is 1. The fraction of sp³-hybridized carbons (Fsp3) is 0.350. The number of halogens is 1. The van der Waals surface area contributed by atoms with Gasteiger partial charge in [0.1, 0.15) is 0 Å². The molecule has 5 nitrogen and oxygen atoms in total. The third kappa shape index (κ3) is 4.82. The first-order chi connectivity index (χ1) is 12.7. The van der Waals surface area contributed by atoms with Crippen LogP contribution in [0.3, 0.4) is 0 Å². The molecule has 1 saturated carbocycles. The van der Waals surface area contributed by atoms with Crippen molar-refractivity contribution in [2.24, 2.45) is 0 Å². The molecule has 2 N–H and O–H groups in total. The van der Waals surface area contributed by atoms with Crippen LogP contribution in [0, 0.1) is 0 Å². The number of hydrogen-bond donors (Lipinski definition) is 2. The van der Waals surface area contributed by atoms with Gasteiger partial charge in [-0.3, -0.25) is 0 Å². The average Bonchev–Trinajstić information content (AvgIpc) is 2.65. The number of hydrogen-bond acceptors (Lipinski definition) is 3. The van der Waals surface area contributed by atoms with Crippen LogP contribution in [-0.4, -0.2) is 19.2 Å². The van der Waals surface area contributed by atoms with E-state index in [1.54, 1.807) is 31.4 Å². The number of nitrogens with one attached hydrogen (secondary N) is 2. The summed E-state index contributed by atoms with van der Waals surface area (Å²) in [5, 5.41) is 6.40. The normalized spacial score (nSPS) is 14.5. The number of urea groups is 1. The van der Waals surface area contributed by atoms with Crippen molar-refractivity contribution in [1.82, 2.24) is 5.32 Å². The van der Waals surface area contributed by atoms with Crippen LogP contribution >= 0.6 is 11.6 Å². The molecule has 2 aromatic carbocycles. The highest BCUT2D eigenvalue weighted by molar-refractivity contribution is 6.31. The predicted octanol–water partition coefficient (Wildman–Crippen LogP) is 5.60. The van der Waals surface area contributed by atoms with E-state index in [0.29, 0.717) is 28.0 Å². The topological polar surface area (TPSA) is 59.6 Å². The minimum atomic E-state index is -0.246. The lowest BCUT2D eigenvalue weighted by Crippen LogP contribution is -2.39. The summed E-state index contributed by atoms with van der Waals surface area (Å²) in [6.07, 6.45) is 5.60. The summed E-state index contributed by atoms with van der Waals surface area (Å²) in [5.41, 5.74) is 0.511. The molecule has 26 heavy (non-hydrogen) atoms. The van der Waals surface area contributed by atoms with Crippen molar-refractivity contribution in [3.63, 3.8) is 0 Å². The zero-order valence-electron chi connectivity index (χ0n) is 14.8. The molecule has 2 aromatic rings. The summed E-state index contributed by atoms with van der Waals surface area (Å²) in [5.74, 6) is 1.67. The molecule has 138 valence electrons. The third-order valence-electron chi connectivity index (χ3n) is 4.42. The van der Waals surface area contributed by atoms with Gasteiger partial charge in [-0.05, 0) is 43.2 Å². The maximum Gasteiger partial charge on any atom is 0.319 e. The lowest BCUT2D eigenvalue weighted by molar-refractivity contribution is 0.244. The van der Waals surface area contributed by atoms with Gasteiger partial charge in [0.25, 0.3) is 0 Å². The molecule has 0 radical (unpaired) electrons. The fourth-order valence-electron chi connectivity index (χ4n) is 3.10. The quantitative estimate of drug-likeness (QED) is 0.716. The molecule has 1 aliphatic rings. The summed E-state index contributed by atoms with van der Waals surface area (Å²) >= 11 is 6.10. The molecular weight excluding hydrogens is 352 g/mol. The van der Waals surface area contributed by atoms with E-state index in [2.05, 4.69) is 10.6 Å². The average molecular weight is 375 g/mol. The summed E-state index contributed by atoms with van der Waals surface area (Å²) in [4.78, 5) is 12.4. The van der Waals surface area contributed by atoms with Crippen molar-refractivity contribution in [2.45, 2.75) is 38.1 Å². The van der Waals surface area contributed by atoms with Crippen LogP contribution in [0.15, 0.2) is 42.5 Å². The lowest BCUT2D eigenvalue weighted by Gasteiger charge is -2.23. The molecule has 6 heteroatoms. The molecule has 0 heterocycles. The smallest absolute Gasteiger partial charge is 0.319 e. The van der Waals surface area contributed by atoms with E-state index >= 15 is 0 Å². The van der Waals surface area contributed by atoms with Gasteiger partial charge in [0.05, 0.1) is 12.8 Å². The molecule has 0 saturated heterocycles. The molecule has 0 atom stereocenters. The number of rotatable bonds is 5. The second kappa shape index (κ2) is 8.81. The molecule has 0 spiro atoms. The number of carbonyl (C=O) groups is 1. The van der Waals surface area contributed by atoms with Gasteiger partial charge in [0.2, 0.25) is 0 Å². The number of para-hydroxylation sites is 2. The van der Waals surface area contributed by atoms with Crippen molar-refractivity contribution in [3.8, 4) is 17.2 Å². The Hall–Kier alpha value is -2.40. The van der Waals surface area contributed by atoms with Gasteiger partial charge >= 0.3 is 6.03 Å². The minimum Gasteiger partial charge on any atom is -0.493 e. The van der Waals surface area contributed by atoms with E-state index in [0.717, 1.165) is 25.7 Å². The van der Waals surface area contributed by atoms with Crippen LogP contribution in [0.25, 0.3) is 0 Å². The Bertz CT molecular complexity index is 760. The van der Waals surface area contributed by atoms with Gasteiger partial charge in [-0.15, -0.1) is 0 Å². The van der Waals surface area contributed by atoms with Crippen LogP contribution in [0.4, 0.5) is 10.5 Å². The van der Waals surface area contributed by atoms with Crippen molar-refractivity contribution >= 4 is 23.3 Å². The van der Waals surface area contributed by atoms with E-state index in [9.17, 15) is 4.79 Å². The SMILES string of the molecule is COc1ccccc1Oc1ccc(Cl)cc1NC(=O)NC1CCCCC1. The summed E-state index contributed by atoms with van der Waals surface area (Å²) < 4.78 is 11.3. The molecular formula is C20H23ClN2O3. The van der Waals surface area contributed by atoms with Crippen LogP contribution in [0.1, 0.15) is 32.1 Å². The zero-order valence-corrected chi connectivity index (χ0v) is 15.5. The van der Waals surface area contributed by atoms with Crippen molar-refractivity contribution in [3.05, 3.63) is 47.5 Å². The van der Waals surface area contributed by atoms with Gasteiger partial charge in [-0.1, -0.05) is 43.0 Å². The Morgan fingerprint density at radius 2 is 1.77 bits per heavy atom. The van der Waals surface area contributed by atoms with Crippen LogP contribution < -0.4 is 20.1 Å². The van der Waals surface area contributed by atoms with Crippen molar-refractivity contribution < 1.29 is 14.3 Å². The Balaban J connectivity index is 1.74. The second-order valence-corrected chi connectivity index (χ2v) is 6.76. The predicted molar refractivity (Wildman–Crippen MR) is 104 cm³/mol. The van der Waals surface area contributed by atoms with E-state index in [-0.39, 0.29) is 12.1 Å². The Morgan fingerprint density at radius 1 is 1.04 bits per heavy atom. The molecule has 0 unspecified atom stereocenters. The van der Waals surface area contributed by atoms with Gasteiger partial charge < -0.3 is 20.1 Å². The molecule has 0 aliphatic heterocycles. The van der Waals surface area contributed by atoms with Gasteiger partial charge in [0, 0.05) is 11.1 Å². The summed E-state index contributed by atoms with van der Waals surface area (Å²) in [6.45, 7) is 0. The molecule has 1 aliphatic carbocycles. The second-order valence-electron chi connectivity index (χ2n) is 6.33. The van der Waals surface area contributed by atoms with Gasteiger partial charge in [-0.25, -0.2) is 4.79 Å². The van der Waals surface area contributed by atoms with E-state index in [1.165, 1.54) is 6.42 Å². The maximum atomic E-state index is 12.4. The standard InChI is InChI=1S/C20H23ClN2O3/c1-25-18-9-5-6-10-19(18)26-17-12-11-14(21)13-16(17)23-20(24)22-15-7-3-2-4-8-15/h5-6,9-13,15H,2-4,7-8H2,1H3,(H2,22,23,24). The fourth-order valence-corrected chi connectivity index (χ4v) is 3.27. The highest BCUT2D eigenvalue weighted by atomic mass is 35.5. The summed E-state index contributed by atoms with van der Waals surface area (Å²) in [6, 6.07) is 12.4. The molecule has 1 fully saturated rings. The molecule has 2 amide bonds. The van der Waals surface area contributed by atoms with Gasteiger partial charge in [0.15, 0.2) is 17.2 Å². The lowest BCUT2D eigenvalue weighted by atomic mass is 9.96. The zero-order chi connectivity index (χ0) is 18.4. The number of ether oxygens (including phenoxy) is 2. The van der Waals surface area contributed by atoms with Crippen LogP contribution in [0.5, 0.6) is 17.2 Å². The first-order valence-corrected chi connectivity index (χ1v) is 9.21. The van der Waals surface area contributed by atoms with E-state index in [4.69, 9.17) is 21.1 Å². The Kier molecular flexibility index (Phi) is 6.23. The Labute approximate surface area is 158 Å². The first-order valence-electron chi connectivity index (χ1n) is 8.83. The van der Waals surface area contributed by atoms with Crippen molar-refractivity contribution in [2.75, 3.05) is 12.4 Å². The largest absolute Gasteiger partial charge is 0.493 e. The molecule has 0 bridgehead atoms. The summed E-state index contributed by atoms with van der Waals surface area (Å²) in [7, 11) is 1.58. The number of benzene rings is 2. The minimum absolute atomic E-state index is 0.224. The van der Waals surface area contributed by atoms with Crippen LogP contribution in [-0.2, 0) is 0 Å². The molecule has 3 rings (SSSR count). The maximum absolute atomic E-state index is 12.4. The third-order valence-corrected chi connectivity index (χ3v) is 4.65. The Morgan fingerprint density at radius 3 is 2.50 bits per heavy atom. The number of anilines is 1. The van der Waals surface area contributed by atoms with Gasteiger partial charge in [-0.2, -0.15) is 0 Å². The first kappa shape index (κ1) is 18.4. The highest BCUT2D eigenvalue weighted by Crippen LogP contribution is 2.36. The van der Waals surface area contributed by atoms with E-state index in [1.807, 2.05) is 18.2 Å².